The van der Waals surface area contributed by atoms with Gasteiger partial charge in [-0.1, -0.05) is 64.5 Å². The van der Waals surface area contributed by atoms with Crippen LogP contribution in [-0.2, 0) is 13.1 Å². The summed E-state index contributed by atoms with van der Waals surface area (Å²) in [6.07, 6.45) is 0. The van der Waals surface area contributed by atoms with E-state index in [4.69, 9.17) is 0 Å². The molecule has 106 valence electrons. The Balaban J connectivity index is 1.68. The normalized spacial score (nSPS) is 10.9. The number of benzene rings is 2. The smallest absolute Gasteiger partial charge is 0.0242 e. The molecule has 0 bridgehead atoms. The Bertz CT molecular complexity index is 513. The zero-order valence-electron chi connectivity index (χ0n) is 11.8. The van der Waals surface area contributed by atoms with Gasteiger partial charge in [-0.3, -0.25) is 0 Å². The Morgan fingerprint density at radius 2 is 1.70 bits per heavy atom. The molecule has 0 saturated carbocycles. The molecule has 0 aliphatic carbocycles. The molecule has 0 fully saturated rings. The third-order valence-electron chi connectivity index (χ3n) is 3.24. The summed E-state index contributed by atoms with van der Waals surface area (Å²) in [5.41, 5.74) is 2.67. The Hall–Kier alpha value is -1.16. The first kappa shape index (κ1) is 15.2. The summed E-state index contributed by atoms with van der Waals surface area (Å²) in [5, 5.41) is 3.48. The number of likely N-dealkylation sites (N-methyl/N-ethyl adjacent to an activating group) is 1. The fourth-order valence-electron chi connectivity index (χ4n) is 2.09. The van der Waals surface area contributed by atoms with Gasteiger partial charge < -0.3 is 10.2 Å². The maximum absolute atomic E-state index is 3.59. The number of nitrogens with one attached hydrogen (secondary N) is 1. The molecular weight excluding hydrogens is 312 g/mol. The van der Waals surface area contributed by atoms with Crippen molar-refractivity contribution in [3.05, 3.63) is 70.2 Å². The highest BCUT2D eigenvalue weighted by atomic mass is 79.9. The van der Waals surface area contributed by atoms with Gasteiger partial charge in [-0.25, -0.2) is 0 Å². The van der Waals surface area contributed by atoms with E-state index in [0.717, 1.165) is 26.2 Å². The first-order valence-electron chi connectivity index (χ1n) is 6.92. The molecule has 1 N–H and O–H groups in total. The fourth-order valence-corrected chi connectivity index (χ4v) is 2.51. The van der Waals surface area contributed by atoms with Crippen LogP contribution in [0.4, 0.5) is 0 Å². The van der Waals surface area contributed by atoms with E-state index in [1.807, 2.05) is 0 Å². The molecule has 0 atom stereocenters. The lowest BCUT2D eigenvalue weighted by Crippen LogP contribution is -2.28. The van der Waals surface area contributed by atoms with Gasteiger partial charge in [0, 0.05) is 30.7 Å². The third kappa shape index (κ3) is 5.08. The van der Waals surface area contributed by atoms with Crippen LogP contribution < -0.4 is 5.32 Å². The average Bonchev–Trinajstić information content (AvgIpc) is 2.47. The molecule has 0 aliphatic rings. The molecule has 3 heteroatoms. The Morgan fingerprint density at radius 3 is 2.45 bits per heavy atom. The maximum Gasteiger partial charge on any atom is 0.0242 e. The molecule has 0 radical (unpaired) electrons. The van der Waals surface area contributed by atoms with E-state index < -0.39 is 0 Å². The van der Waals surface area contributed by atoms with Crippen LogP contribution in [0.3, 0.4) is 0 Å². The topological polar surface area (TPSA) is 15.3 Å². The highest BCUT2D eigenvalue weighted by Gasteiger charge is 2.03. The van der Waals surface area contributed by atoms with Crippen LogP contribution in [0.1, 0.15) is 11.1 Å². The summed E-state index contributed by atoms with van der Waals surface area (Å²) in [6.45, 7) is 3.93. The molecular formula is C17H21BrN2. The Morgan fingerprint density at radius 1 is 1.00 bits per heavy atom. The van der Waals surface area contributed by atoms with E-state index in [9.17, 15) is 0 Å². The van der Waals surface area contributed by atoms with Gasteiger partial charge in [0.05, 0.1) is 0 Å². The summed E-state index contributed by atoms with van der Waals surface area (Å²) in [7, 11) is 2.16. The van der Waals surface area contributed by atoms with Crippen LogP contribution in [0.25, 0.3) is 0 Å². The van der Waals surface area contributed by atoms with E-state index in [1.54, 1.807) is 0 Å². The van der Waals surface area contributed by atoms with Crippen molar-refractivity contribution in [2.45, 2.75) is 13.1 Å². The molecule has 2 rings (SSSR count). The number of hydrogen-bond acceptors (Lipinski definition) is 2. The molecule has 0 aliphatic heterocycles. The SMILES string of the molecule is CN(CCNCc1ccccc1)Cc1ccccc1Br. The van der Waals surface area contributed by atoms with Crippen molar-refractivity contribution in [3.63, 3.8) is 0 Å². The minimum Gasteiger partial charge on any atom is -0.311 e. The second-order valence-electron chi connectivity index (χ2n) is 4.99. The first-order valence-corrected chi connectivity index (χ1v) is 7.71. The van der Waals surface area contributed by atoms with E-state index in [0.29, 0.717) is 0 Å². The van der Waals surface area contributed by atoms with Crippen LogP contribution >= 0.6 is 15.9 Å². The highest BCUT2D eigenvalue weighted by molar-refractivity contribution is 9.10. The third-order valence-corrected chi connectivity index (χ3v) is 4.01. The fraction of sp³-hybridized carbons (Fsp3) is 0.294. The second-order valence-corrected chi connectivity index (χ2v) is 5.85. The molecule has 2 nitrogen and oxygen atoms in total. The predicted molar refractivity (Wildman–Crippen MR) is 88.6 cm³/mol. The zero-order valence-corrected chi connectivity index (χ0v) is 13.4. The summed E-state index contributed by atoms with van der Waals surface area (Å²) >= 11 is 3.59. The van der Waals surface area contributed by atoms with Gasteiger partial charge in [-0.05, 0) is 24.2 Å². The minimum absolute atomic E-state index is 0.934. The summed E-state index contributed by atoms with van der Waals surface area (Å²) in [5.74, 6) is 0. The van der Waals surface area contributed by atoms with Crippen molar-refractivity contribution < 1.29 is 0 Å². The Labute approximate surface area is 129 Å². The van der Waals surface area contributed by atoms with Gasteiger partial charge in [0.2, 0.25) is 0 Å². The van der Waals surface area contributed by atoms with Crippen LogP contribution in [0, 0.1) is 0 Å². The first-order chi connectivity index (χ1) is 9.75. The van der Waals surface area contributed by atoms with Crippen LogP contribution in [0.2, 0.25) is 0 Å². The van der Waals surface area contributed by atoms with Crippen molar-refractivity contribution in [1.29, 1.82) is 0 Å². The molecule has 0 heterocycles. The maximum atomic E-state index is 3.59. The second kappa shape index (κ2) is 8.20. The molecule has 0 spiro atoms. The number of nitrogens with zero attached hydrogens (tertiary/aromatic N) is 1. The van der Waals surface area contributed by atoms with E-state index in [-0.39, 0.29) is 0 Å². The average molecular weight is 333 g/mol. The predicted octanol–water partition coefficient (Wildman–Crippen LogP) is 3.67. The summed E-state index contributed by atoms with van der Waals surface area (Å²) < 4.78 is 1.18. The molecule has 2 aromatic rings. The number of halogens is 1. The van der Waals surface area contributed by atoms with Crippen molar-refractivity contribution in [2.75, 3.05) is 20.1 Å². The molecule has 2 aromatic carbocycles. The van der Waals surface area contributed by atoms with Gasteiger partial charge in [0.25, 0.3) is 0 Å². The van der Waals surface area contributed by atoms with Gasteiger partial charge in [-0.15, -0.1) is 0 Å². The minimum atomic E-state index is 0.934. The van der Waals surface area contributed by atoms with Gasteiger partial charge in [0.15, 0.2) is 0 Å². The van der Waals surface area contributed by atoms with Crippen molar-refractivity contribution in [2.24, 2.45) is 0 Å². The number of rotatable bonds is 7. The summed E-state index contributed by atoms with van der Waals surface area (Å²) in [4.78, 5) is 2.33. The molecule has 0 unspecified atom stereocenters. The van der Waals surface area contributed by atoms with Gasteiger partial charge in [-0.2, -0.15) is 0 Å². The molecule has 0 saturated heterocycles. The zero-order chi connectivity index (χ0) is 14.2. The van der Waals surface area contributed by atoms with Crippen LogP contribution in [-0.4, -0.2) is 25.0 Å². The quantitative estimate of drug-likeness (QED) is 0.778. The van der Waals surface area contributed by atoms with Crippen LogP contribution in [0.15, 0.2) is 59.1 Å². The van der Waals surface area contributed by atoms with E-state index in [1.165, 1.54) is 15.6 Å². The van der Waals surface area contributed by atoms with Crippen molar-refractivity contribution in [3.8, 4) is 0 Å². The Kier molecular flexibility index (Phi) is 6.25. The van der Waals surface area contributed by atoms with Gasteiger partial charge >= 0.3 is 0 Å². The van der Waals surface area contributed by atoms with E-state index >= 15 is 0 Å². The lowest BCUT2D eigenvalue weighted by Gasteiger charge is -2.18. The largest absolute Gasteiger partial charge is 0.311 e. The molecule has 0 amide bonds. The number of hydrogen-bond donors (Lipinski definition) is 1. The molecule has 0 aromatic heterocycles. The van der Waals surface area contributed by atoms with Crippen LogP contribution in [0.5, 0.6) is 0 Å². The van der Waals surface area contributed by atoms with Crippen molar-refractivity contribution in [1.82, 2.24) is 10.2 Å². The van der Waals surface area contributed by atoms with Crippen molar-refractivity contribution >= 4 is 15.9 Å². The van der Waals surface area contributed by atoms with Gasteiger partial charge in [0.1, 0.15) is 0 Å². The molecule has 20 heavy (non-hydrogen) atoms. The van der Waals surface area contributed by atoms with E-state index in [2.05, 4.69) is 87.8 Å². The highest BCUT2D eigenvalue weighted by Crippen LogP contribution is 2.16. The summed E-state index contributed by atoms with van der Waals surface area (Å²) in [6, 6.07) is 18.9. The standard InChI is InChI=1S/C17H21BrN2/c1-20(14-16-9-5-6-10-17(16)18)12-11-19-13-15-7-3-2-4-8-15/h2-10,19H,11-14H2,1H3. The lowest BCUT2D eigenvalue weighted by molar-refractivity contribution is 0.323. The lowest BCUT2D eigenvalue weighted by atomic mass is 10.2. The monoisotopic (exact) mass is 332 g/mol.